The summed E-state index contributed by atoms with van der Waals surface area (Å²) < 4.78 is 0. The van der Waals surface area contributed by atoms with Crippen LogP contribution in [0.4, 0.5) is 5.69 Å². The highest BCUT2D eigenvalue weighted by atomic mass is 15.1. The van der Waals surface area contributed by atoms with Crippen LogP contribution in [0.15, 0.2) is 24.3 Å². The van der Waals surface area contributed by atoms with E-state index in [0.717, 1.165) is 12.1 Å². The summed E-state index contributed by atoms with van der Waals surface area (Å²) in [6, 6.07) is 8.77. The van der Waals surface area contributed by atoms with Crippen LogP contribution in [0, 0.1) is 0 Å². The molecule has 0 amide bonds. The lowest BCUT2D eigenvalue weighted by atomic mass is 10.1. The molecule has 0 spiro atoms. The first-order chi connectivity index (χ1) is 7.63. The molecule has 1 rings (SSSR count). The number of likely N-dealkylation sites (N-methyl/N-ethyl adjacent to an activating group) is 1. The van der Waals surface area contributed by atoms with Gasteiger partial charge in [0, 0.05) is 11.7 Å². The first kappa shape index (κ1) is 13.0. The third-order valence-electron chi connectivity index (χ3n) is 3.10. The van der Waals surface area contributed by atoms with Crippen LogP contribution in [0.5, 0.6) is 0 Å². The Hall–Kier alpha value is -1.02. The van der Waals surface area contributed by atoms with Crippen molar-refractivity contribution in [2.24, 2.45) is 0 Å². The van der Waals surface area contributed by atoms with Crippen molar-refractivity contribution in [2.45, 2.75) is 39.2 Å². The molecule has 0 fully saturated rings. The van der Waals surface area contributed by atoms with Gasteiger partial charge in [0.1, 0.15) is 0 Å². The zero-order valence-electron chi connectivity index (χ0n) is 10.7. The minimum atomic E-state index is 0.577. The maximum absolute atomic E-state index is 5.78. The molecule has 0 aliphatic rings. The number of unbranched alkanes of at least 4 members (excludes halogenated alkanes) is 1. The van der Waals surface area contributed by atoms with Gasteiger partial charge in [0.15, 0.2) is 0 Å². The van der Waals surface area contributed by atoms with E-state index in [2.05, 4.69) is 37.9 Å². The van der Waals surface area contributed by atoms with Gasteiger partial charge in [0.25, 0.3) is 0 Å². The normalized spacial score (nSPS) is 13.0. The Labute approximate surface area is 99.5 Å². The maximum Gasteiger partial charge on any atom is 0.0316 e. The second-order valence-corrected chi connectivity index (χ2v) is 4.63. The Morgan fingerprint density at radius 2 is 2.12 bits per heavy atom. The van der Waals surface area contributed by atoms with Crippen molar-refractivity contribution < 1.29 is 0 Å². The standard InChI is InChI=1S/C14H24N2/c1-4-5-9-16(3)12(2)10-13-7-6-8-14(15)11-13/h6-8,11-12H,4-5,9-10,15H2,1-3H3. The molecule has 0 bridgehead atoms. The van der Waals surface area contributed by atoms with Crippen LogP contribution in [0.1, 0.15) is 32.3 Å². The van der Waals surface area contributed by atoms with Gasteiger partial charge >= 0.3 is 0 Å². The van der Waals surface area contributed by atoms with Gasteiger partial charge in [-0.05, 0) is 51.1 Å². The largest absolute Gasteiger partial charge is 0.399 e. The molecule has 1 atom stereocenters. The summed E-state index contributed by atoms with van der Waals surface area (Å²) >= 11 is 0. The monoisotopic (exact) mass is 220 g/mol. The van der Waals surface area contributed by atoms with E-state index < -0.39 is 0 Å². The SMILES string of the molecule is CCCCN(C)C(C)Cc1cccc(N)c1. The van der Waals surface area contributed by atoms with Gasteiger partial charge in [0.05, 0.1) is 0 Å². The van der Waals surface area contributed by atoms with E-state index >= 15 is 0 Å². The minimum absolute atomic E-state index is 0.577. The zero-order chi connectivity index (χ0) is 12.0. The fraction of sp³-hybridized carbons (Fsp3) is 0.571. The fourth-order valence-corrected chi connectivity index (χ4v) is 1.84. The molecule has 2 N–H and O–H groups in total. The number of anilines is 1. The van der Waals surface area contributed by atoms with Gasteiger partial charge in [-0.1, -0.05) is 25.5 Å². The molecule has 2 nitrogen and oxygen atoms in total. The number of nitrogens with two attached hydrogens (primary N) is 1. The smallest absolute Gasteiger partial charge is 0.0316 e. The van der Waals surface area contributed by atoms with Gasteiger partial charge in [-0.3, -0.25) is 0 Å². The second-order valence-electron chi connectivity index (χ2n) is 4.63. The summed E-state index contributed by atoms with van der Waals surface area (Å²) in [5.74, 6) is 0. The lowest BCUT2D eigenvalue weighted by Gasteiger charge is -2.24. The third-order valence-corrected chi connectivity index (χ3v) is 3.10. The number of nitrogens with zero attached hydrogens (tertiary/aromatic N) is 1. The van der Waals surface area contributed by atoms with Crippen LogP contribution in [0.25, 0.3) is 0 Å². The minimum Gasteiger partial charge on any atom is -0.399 e. The first-order valence-corrected chi connectivity index (χ1v) is 6.18. The molecule has 90 valence electrons. The molecule has 16 heavy (non-hydrogen) atoms. The number of hydrogen-bond acceptors (Lipinski definition) is 2. The molecule has 0 aliphatic carbocycles. The molecular formula is C14H24N2. The van der Waals surface area contributed by atoms with Gasteiger partial charge in [-0.25, -0.2) is 0 Å². The second kappa shape index (κ2) is 6.54. The highest BCUT2D eigenvalue weighted by Crippen LogP contribution is 2.11. The van der Waals surface area contributed by atoms with E-state index in [1.54, 1.807) is 0 Å². The molecule has 0 aliphatic heterocycles. The summed E-state index contributed by atoms with van der Waals surface area (Å²) in [6.45, 7) is 5.69. The number of rotatable bonds is 6. The quantitative estimate of drug-likeness (QED) is 0.747. The topological polar surface area (TPSA) is 29.3 Å². The summed E-state index contributed by atoms with van der Waals surface area (Å²) in [5, 5.41) is 0. The van der Waals surface area contributed by atoms with Crippen molar-refractivity contribution in [3.63, 3.8) is 0 Å². The lowest BCUT2D eigenvalue weighted by molar-refractivity contribution is 0.252. The van der Waals surface area contributed by atoms with E-state index in [0.29, 0.717) is 6.04 Å². The summed E-state index contributed by atoms with van der Waals surface area (Å²) in [4.78, 5) is 2.42. The molecule has 1 unspecified atom stereocenters. The Morgan fingerprint density at radius 3 is 2.75 bits per heavy atom. The average molecular weight is 220 g/mol. The van der Waals surface area contributed by atoms with Crippen LogP contribution in [0.2, 0.25) is 0 Å². The summed E-state index contributed by atoms with van der Waals surface area (Å²) in [6.07, 6.45) is 3.61. The van der Waals surface area contributed by atoms with Gasteiger partial charge in [-0.2, -0.15) is 0 Å². The van der Waals surface area contributed by atoms with E-state index in [4.69, 9.17) is 5.73 Å². The maximum atomic E-state index is 5.78. The molecule has 0 saturated heterocycles. The third kappa shape index (κ3) is 4.23. The molecule has 0 heterocycles. The first-order valence-electron chi connectivity index (χ1n) is 6.18. The summed E-state index contributed by atoms with van der Waals surface area (Å²) in [5.41, 5.74) is 7.97. The van der Waals surface area contributed by atoms with Crippen LogP contribution in [-0.2, 0) is 6.42 Å². The van der Waals surface area contributed by atoms with Crippen LogP contribution < -0.4 is 5.73 Å². The van der Waals surface area contributed by atoms with E-state index in [-0.39, 0.29) is 0 Å². The van der Waals surface area contributed by atoms with Crippen molar-refractivity contribution in [1.82, 2.24) is 4.90 Å². The van der Waals surface area contributed by atoms with Gasteiger partial charge < -0.3 is 10.6 Å². The Bertz CT molecular complexity index is 309. The molecule has 1 aromatic carbocycles. The molecule has 2 heteroatoms. The highest BCUT2D eigenvalue weighted by molar-refractivity contribution is 5.40. The van der Waals surface area contributed by atoms with E-state index in [1.807, 2.05) is 12.1 Å². The van der Waals surface area contributed by atoms with E-state index in [9.17, 15) is 0 Å². The van der Waals surface area contributed by atoms with Crippen molar-refractivity contribution in [3.8, 4) is 0 Å². The fourth-order valence-electron chi connectivity index (χ4n) is 1.84. The lowest BCUT2D eigenvalue weighted by Crippen LogP contribution is -2.31. The van der Waals surface area contributed by atoms with Crippen LogP contribution >= 0.6 is 0 Å². The van der Waals surface area contributed by atoms with E-state index in [1.165, 1.54) is 24.9 Å². The zero-order valence-corrected chi connectivity index (χ0v) is 10.7. The summed E-state index contributed by atoms with van der Waals surface area (Å²) in [7, 11) is 2.20. The molecule has 1 aromatic rings. The average Bonchev–Trinajstić information content (AvgIpc) is 2.25. The molecule has 0 radical (unpaired) electrons. The van der Waals surface area contributed by atoms with Gasteiger partial charge in [-0.15, -0.1) is 0 Å². The number of benzene rings is 1. The van der Waals surface area contributed by atoms with Crippen molar-refractivity contribution in [1.29, 1.82) is 0 Å². The van der Waals surface area contributed by atoms with Crippen molar-refractivity contribution >= 4 is 5.69 Å². The van der Waals surface area contributed by atoms with Crippen molar-refractivity contribution in [2.75, 3.05) is 19.3 Å². The molecular weight excluding hydrogens is 196 g/mol. The molecule has 0 saturated carbocycles. The Kier molecular flexibility index (Phi) is 5.33. The Balaban J connectivity index is 2.47. The van der Waals surface area contributed by atoms with Crippen molar-refractivity contribution in [3.05, 3.63) is 29.8 Å². The molecule has 0 aromatic heterocycles. The van der Waals surface area contributed by atoms with Crippen LogP contribution in [0.3, 0.4) is 0 Å². The van der Waals surface area contributed by atoms with Gasteiger partial charge in [0.2, 0.25) is 0 Å². The highest BCUT2D eigenvalue weighted by Gasteiger charge is 2.09. The predicted molar refractivity (Wildman–Crippen MR) is 71.6 cm³/mol. The van der Waals surface area contributed by atoms with Crippen LogP contribution in [-0.4, -0.2) is 24.5 Å². The predicted octanol–water partition coefficient (Wildman–Crippen LogP) is 2.93. The number of nitrogen functional groups attached to an aromatic ring is 1. The Morgan fingerprint density at radius 1 is 1.38 bits per heavy atom. The number of hydrogen-bond donors (Lipinski definition) is 1.